The third-order valence-electron chi connectivity index (χ3n) is 4.27. The summed E-state index contributed by atoms with van der Waals surface area (Å²) in [6, 6.07) is 6.17. The molecule has 1 aromatic carbocycles. The van der Waals surface area contributed by atoms with Gasteiger partial charge in [0, 0.05) is 24.2 Å². The zero-order valence-corrected chi connectivity index (χ0v) is 14.0. The highest BCUT2D eigenvalue weighted by atomic mass is 32.2. The van der Waals surface area contributed by atoms with E-state index in [1.54, 1.807) is 11.8 Å². The predicted octanol–water partition coefficient (Wildman–Crippen LogP) is 2.47. The second-order valence-electron chi connectivity index (χ2n) is 5.90. The maximum Gasteiger partial charge on any atom is 0.126 e. The standard InChI is InChI=1S/C16H26N4S/c1-19-9-7-12(8-10-19)11-20(2)13-5-4-6-14(21-3)15(13)16(17)18/h4-6,12H,7-11H2,1-3H3,(H3,17,18). The van der Waals surface area contributed by atoms with Gasteiger partial charge in [0.15, 0.2) is 0 Å². The Labute approximate surface area is 132 Å². The number of nitrogens with one attached hydrogen (secondary N) is 1. The van der Waals surface area contributed by atoms with Gasteiger partial charge in [-0.25, -0.2) is 0 Å². The predicted molar refractivity (Wildman–Crippen MR) is 92.7 cm³/mol. The average molecular weight is 306 g/mol. The molecule has 1 aromatic rings. The zero-order valence-electron chi connectivity index (χ0n) is 13.2. The molecule has 0 bridgehead atoms. The van der Waals surface area contributed by atoms with Gasteiger partial charge in [0.05, 0.1) is 5.56 Å². The number of nitrogen functional groups attached to an aromatic ring is 1. The van der Waals surface area contributed by atoms with Crippen molar-refractivity contribution in [3.05, 3.63) is 23.8 Å². The monoisotopic (exact) mass is 306 g/mol. The fraction of sp³-hybridized carbons (Fsp3) is 0.562. The van der Waals surface area contributed by atoms with Crippen molar-refractivity contribution in [2.45, 2.75) is 17.7 Å². The van der Waals surface area contributed by atoms with Gasteiger partial charge in [-0.15, -0.1) is 11.8 Å². The molecule has 3 N–H and O–H groups in total. The van der Waals surface area contributed by atoms with Crippen LogP contribution in [-0.4, -0.2) is 50.7 Å². The lowest BCUT2D eigenvalue weighted by Crippen LogP contribution is -2.36. The number of hydrogen-bond donors (Lipinski definition) is 2. The summed E-state index contributed by atoms with van der Waals surface area (Å²) in [6.07, 6.45) is 4.53. The van der Waals surface area contributed by atoms with Crippen LogP contribution < -0.4 is 10.6 Å². The van der Waals surface area contributed by atoms with Gasteiger partial charge >= 0.3 is 0 Å². The number of nitrogens with zero attached hydrogens (tertiary/aromatic N) is 2. The maximum absolute atomic E-state index is 7.89. The summed E-state index contributed by atoms with van der Waals surface area (Å²) in [7, 11) is 4.31. The number of hydrogen-bond acceptors (Lipinski definition) is 4. The van der Waals surface area contributed by atoms with Gasteiger partial charge in [-0.05, 0) is 57.3 Å². The second-order valence-corrected chi connectivity index (χ2v) is 6.74. The molecule has 1 saturated heterocycles. The summed E-state index contributed by atoms with van der Waals surface area (Å²) in [5, 5.41) is 7.89. The van der Waals surface area contributed by atoms with E-state index in [9.17, 15) is 0 Å². The van der Waals surface area contributed by atoms with Gasteiger partial charge in [0.2, 0.25) is 0 Å². The van der Waals surface area contributed by atoms with E-state index >= 15 is 0 Å². The van der Waals surface area contributed by atoms with Crippen LogP contribution in [0, 0.1) is 11.3 Å². The summed E-state index contributed by atoms with van der Waals surface area (Å²) < 4.78 is 0. The quantitative estimate of drug-likeness (QED) is 0.498. The van der Waals surface area contributed by atoms with Crippen LogP contribution in [0.5, 0.6) is 0 Å². The van der Waals surface area contributed by atoms with Crippen molar-refractivity contribution in [1.29, 1.82) is 5.41 Å². The van der Waals surface area contributed by atoms with Crippen LogP contribution in [0.1, 0.15) is 18.4 Å². The molecule has 0 unspecified atom stereocenters. The van der Waals surface area contributed by atoms with Gasteiger partial charge in [-0.2, -0.15) is 0 Å². The lowest BCUT2D eigenvalue weighted by Gasteiger charge is -2.33. The highest BCUT2D eigenvalue weighted by Gasteiger charge is 2.20. The molecule has 0 saturated carbocycles. The fourth-order valence-electron chi connectivity index (χ4n) is 3.01. The molecule has 0 amide bonds. The maximum atomic E-state index is 7.89. The number of rotatable bonds is 5. The number of thioether (sulfide) groups is 1. The molecule has 0 spiro atoms. The van der Waals surface area contributed by atoms with Crippen molar-refractivity contribution >= 4 is 23.3 Å². The first-order valence-electron chi connectivity index (χ1n) is 7.44. The van der Waals surface area contributed by atoms with Gasteiger partial charge in [0.25, 0.3) is 0 Å². The fourth-order valence-corrected chi connectivity index (χ4v) is 3.64. The van der Waals surface area contributed by atoms with Crippen LogP contribution in [-0.2, 0) is 0 Å². The number of nitrogens with two attached hydrogens (primary N) is 1. The first-order valence-corrected chi connectivity index (χ1v) is 8.66. The van der Waals surface area contributed by atoms with Gasteiger partial charge in [0.1, 0.15) is 5.84 Å². The summed E-state index contributed by atoms with van der Waals surface area (Å²) >= 11 is 1.65. The van der Waals surface area contributed by atoms with Crippen molar-refractivity contribution in [3.63, 3.8) is 0 Å². The molecule has 0 radical (unpaired) electrons. The van der Waals surface area contributed by atoms with Crippen LogP contribution in [0.2, 0.25) is 0 Å². The molecule has 1 fully saturated rings. The van der Waals surface area contributed by atoms with Gasteiger partial charge in [-0.3, -0.25) is 5.41 Å². The minimum atomic E-state index is 0.158. The topological polar surface area (TPSA) is 56.4 Å². The van der Waals surface area contributed by atoms with E-state index in [0.717, 1.165) is 28.6 Å². The Kier molecular flexibility index (Phi) is 5.53. The van der Waals surface area contributed by atoms with E-state index in [2.05, 4.69) is 36.0 Å². The Hall–Kier alpha value is -1.20. The van der Waals surface area contributed by atoms with Crippen molar-refractivity contribution < 1.29 is 0 Å². The Morgan fingerprint density at radius 3 is 2.67 bits per heavy atom. The lowest BCUT2D eigenvalue weighted by molar-refractivity contribution is 0.222. The Morgan fingerprint density at radius 2 is 2.10 bits per heavy atom. The molecular weight excluding hydrogens is 280 g/mol. The lowest BCUT2D eigenvalue weighted by atomic mass is 9.96. The van der Waals surface area contributed by atoms with Gasteiger partial charge < -0.3 is 15.5 Å². The van der Waals surface area contributed by atoms with Gasteiger partial charge in [-0.1, -0.05) is 6.07 Å². The molecule has 5 heteroatoms. The van der Waals surface area contributed by atoms with Crippen LogP contribution in [0.25, 0.3) is 0 Å². The van der Waals surface area contributed by atoms with E-state index in [-0.39, 0.29) is 5.84 Å². The minimum Gasteiger partial charge on any atom is -0.384 e. The highest BCUT2D eigenvalue weighted by molar-refractivity contribution is 7.98. The molecule has 21 heavy (non-hydrogen) atoms. The van der Waals surface area contributed by atoms with Crippen molar-refractivity contribution in [2.75, 3.05) is 44.9 Å². The molecular formula is C16H26N4S. The largest absolute Gasteiger partial charge is 0.384 e. The smallest absolute Gasteiger partial charge is 0.126 e. The Morgan fingerprint density at radius 1 is 1.43 bits per heavy atom. The molecule has 1 aliphatic rings. The second kappa shape index (κ2) is 7.18. The van der Waals surface area contributed by atoms with Crippen molar-refractivity contribution in [3.8, 4) is 0 Å². The molecule has 2 rings (SSSR count). The molecule has 4 nitrogen and oxygen atoms in total. The number of likely N-dealkylation sites (tertiary alicyclic amines) is 1. The first-order chi connectivity index (χ1) is 10.0. The molecule has 116 valence electrons. The van der Waals surface area contributed by atoms with Crippen LogP contribution >= 0.6 is 11.8 Å². The number of anilines is 1. The normalized spacial score (nSPS) is 16.9. The summed E-state index contributed by atoms with van der Waals surface area (Å²) in [6.45, 7) is 3.40. The SMILES string of the molecule is CSc1cccc(N(C)CC2CCN(C)CC2)c1C(=N)N. The number of benzene rings is 1. The van der Waals surface area contributed by atoms with Crippen LogP contribution in [0.3, 0.4) is 0 Å². The van der Waals surface area contributed by atoms with Crippen LogP contribution in [0.4, 0.5) is 5.69 Å². The Balaban J connectivity index is 2.15. The average Bonchev–Trinajstić information content (AvgIpc) is 2.48. The third kappa shape index (κ3) is 3.92. The molecule has 1 heterocycles. The highest BCUT2D eigenvalue weighted by Crippen LogP contribution is 2.30. The molecule has 1 aliphatic heterocycles. The molecule has 0 aliphatic carbocycles. The zero-order chi connectivity index (χ0) is 15.4. The summed E-state index contributed by atoms with van der Waals surface area (Å²) in [5.41, 5.74) is 7.77. The van der Waals surface area contributed by atoms with Crippen molar-refractivity contribution in [1.82, 2.24) is 4.90 Å². The number of amidine groups is 1. The van der Waals surface area contributed by atoms with Crippen molar-refractivity contribution in [2.24, 2.45) is 11.7 Å². The number of piperidine rings is 1. The van der Waals surface area contributed by atoms with E-state index in [1.807, 2.05) is 12.3 Å². The van der Waals surface area contributed by atoms with E-state index in [0.29, 0.717) is 0 Å². The first kappa shape index (κ1) is 16.2. The molecule has 0 atom stereocenters. The van der Waals surface area contributed by atoms with E-state index in [4.69, 9.17) is 11.1 Å². The Bertz CT molecular complexity index is 495. The third-order valence-corrected chi connectivity index (χ3v) is 5.05. The summed E-state index contributed by atoms with van der Waals surface area (Å²) in [5.74, 6) is 0.883. The summed E-state index contributed by atoms with van der Waals surface area (Å²) in [4.78, 5) is 5.74. The minimum absolute atomic E-state index is 0.158. The van der Waals surface area contributed by atoms with E-state index in [1.165, 1.54) is 25.9 Å². The van der Waals surface area contributed by atoms with E-state index < -0.39 is 0 Å². The van der Waals surface area contributed by atoms with Crippen LogP contribution in [0.15, 0.2) is 23.1 Å². The molecule has 0 aromatic heterocycles.